The van der Waals surface area contributed by atoms with Crippen LogP contribution in [0.5, 0.6) is 0 Å². The van der Waals surface area contributed by atoms with E-state index >= 15 is 0 Å². The van der Waals surface area contributed by atoms with Crippen molar-refractivity contribution >= 4 is 40.4 Å². The molecule has 6 heteroatoms. The summed E-state index contributed by atoms with van der Waals surface area (Å²) < 4.78 is 0. The van der Waals surface area contributed by atoms with Crippen LogP contribution >= 0.6 is 23.8 Å². The zero-order valence-corrected chi connectivity index (χ0v) is 10.6. The molecule has 1 rings (SSSR count). The topological polar surface area (TPSA) is 78.9 Å². The van der Waals surface area contributed by atoms with Gasteiger partial charge in [0, 0.05) is 10.7 Å². The van der Waals surface area contributed by atoms with Crippen molar-refractivity contribution in [3.05, 3.63) is 28.8 Å². The Hall–Kier alpha value is -1.64. The van der Waals surface area contributed by atoms with Gasteiger partial charge in [0.15, 0.2) is 5.92 Å². The molecule has 0 aliphatic carbocycles. The van der Waals surface area contributed by atoms with Crippen LogP contribution in [0.3, 0.4) is 0 Å². The van der Waals surface area contributed by atoms with Gasteiger partial charge in [-0.1, -0.05) is 29.9 Å². The third-order valence-corrected chi connectivity index (χ3v) is 2.86. The summed E-state index contributed by atoms with van der Waals surface area (Å²) in [6.45, 7) is 1.87. The Kier molecular flexibility index (Phi) is 4.44. The van der Waals surface area contributed by atoms with Gasteiger partial charge in [-0.25, -0.2) is 0 Å². The van der Waals surface area contributed by atoms with Gasteiger partial charge >= 0.3 is 0 Å². The van der Waals surface area contributed by atoms with Gasteiger partial charge in [0.2, 0.25) is 5.91 Å². The fraction of sp³-hybridized carbons (Fsp3) is 0.182. The zero-order valence-electron chi connectivity index (χ0n) is 9.03. The van der Waals surface area contributed by atoms with Crippen molar-refractivity contribution in [2.24, 2.45) is 11.7 Å². The summed E-state index contributed by atoms with van der Waals surface area (Å²) in [6.07, 6.45) is 0. The minimum atomic E-state index is -1.13. The van der Waals surface area contributed by atoms with Gasteiger partial charge in [0.1, 0.15) is 4.99 Å². The number of benzene rings is 1. The van der Waals surface area contributed by atoms with Crippen LogP contribution in [0.1, 0.15) is 5.56 Å². The van der Waals surface area contributed by atoms with Crippen LogP contribution in [-0.2, 0) is 4.79 Å². The maximum absolute atomic E-state index is 10.9. The number of halogens is 1. The molecule has 17 heavy (non-hydrogen) atoms. The first-order valence-corrected chi connectivity index (χ1v) is 5.50. The number of hydrogen-bond donors (Lipinski definition) is 2. The van der Waals surface area contributed by atoms with E-state index in [1.165, 1.54) is 0 Å². The Morgan fingerprint density at radius 3 is 2.76 bits per heavy atom. The second-order valence-corrected chi connectivity index (χ2v) is 4.26. The molecule has 1 aromatic rings. The highest BCUT2D eigenvalue weighted by Crippen LogP contribution is 2.20. The summed E-state index contributed by atoms with van der Waals surface area (Å²) in [6, 6.07) is 6.96. The Morgan fingerprint density at radius 1 is 1.65 bits per heavy atom. The number of aryl methyl sites for hydroxylation is 1. The molecular formula is C11H10ClN3OS. The maximum atomic E-state index is 10.9. The predicted octanol–water partition coefficient (Wildman–Crippen LogP) is 2.01. The van der Waals surface area contributed by atoms with Gasteiger partial charge in [-0.3, -0.25) is 4.79 Å². The molecule has 0 aliphatic rings. The number of nitrogens with two attached hydrogens (primary N) is 1. The number of nitrogens with zero attached hydrogens (tertiary/aromatic N) is 1. The maximum Gasteiger partial charge on any atom is 0.241 e. The number of nitriles is 1. The van der Waals surface area contributed by atoms with Crippen LogP contribution in [0.4, 0.5) is 5.69 Å². The monoisotopic (exact) mass is 267 g/mol. The predicted molar refractivity (Wildman–Crippen MR) is 70.7 cm³/mol. The van der Waals surface area contributed by atoms with Crippen molar-refractivity contribution < 1.29 is 4.79 Å². The molecule has 0 radical (unpaired) electrons. The lowest BCUT2D eigenvalue weighted by Crippen LogP contribution is -2.32. The second-order valence-electron chi connectivity index (χ2n) is 3.42. The van der Waals surface area contributed by atoms with Gasteiger partial charge < -0.3 is 11.1 Å². The third-order valence-electron chi connectivity index (χ3n) is 2.12. The van der Waals surface area contributed by atoms with E-state index in [9.17, 15) is 4.79 Å². The lowest BCUT2D eigenvalue weighted by molar-refractivity contribution is -0.118. The molecule has 3 N–H and O–H groups in total. The molecule has 0 unspecified atom stereocenters. The highest BCUT2D eigenvalue weighted by molar-refractivity contribution is 7.80. The van der Waals surface area contributed by atoms with Crippen molar-refractivity contribution in [2.75, 3.05) is 5.32 Å². The van der Waals surface area contributed by atoms with Gasteiger partial charge in [-0.05, 0) is 24.6 Å². The minimum Gasteiger partial charge on any atom is -0.368 e. The summed E-state index contributed by atoms with van der Waals surface area (Å²) in [4.78, 5) is 11.0. The summed E-state index contributed by atoms with van der Waals surface area (Å²) in [5, 5.41) is 12.1. The molecule has 88 valence electrons. The Balaban J connectivity index is 2.85. The molecule has 1 aromatic carbocycles. The number of rotatable bonds is 3. The van der Waals surface area contributed by atoms with Crippen molar-refractivity contribution in [1.29, 1.82) is 5.26 Å². The first-order valence-electron chi connectivity index (χ1n) is 4.71. The Labute approximate surface area is 109 Å². The molecule has 0 bridgehead atoms. The highest BCUT2D eigenvalue weighted by Gasteiger charge is 2.20. The summed E-state index contributed by atoms with van der Waals surface area (Å²) in [7, 11) is 0. The number of hydrogen-bond acceptors (Lipinski definition) is 3. The van der Waals surface area contributed by atoms with E-state index < -0.39 is 11.8 Å². The molecule has 0 saturated carbocycles. The van der Waals surface area contributed by atoms with Gasteiger partial charge in [-0.15, -0.1) is 0 Å². The lowest BCUT2D eigenvalue weighted by atomic mass is 10.1. The van der Waals surface area contributed by atoms with Crippen LogP contribution in [-0.4, -0.2) is 10.9 Å². The molecule has 0 aliphatic heterocycles. The third kappa shape index (κ3) is 3.41. The Bertz CT molecular complexity index is 510. The lowest BCUT2D eigenvalue weighted by Gasteiger charge is -2.11. The van der Waals surface area contributed by atoms with E-state index in [2.05, 4.69) is 5.32 Å². The van der Waals surface area contributed by atoms with Crippen molar-refractivity contribution in [1.82, 2.24) is 0 Å². The number of anilines is 1. The summed E-state index contributed by atoms with van der Waals surface area (Å²) >= 11 is 10.9. The number of carbonyl (C=O) groups excluding carboxylic acids is 1. The molecule has 0 heterocycles. The Morgan fingerprint density at radius 2 is 2.29 bits per heavy atom. The van der Waals surface area contributed by atoms with Crippen LogP contribution in [0.25, 0.3) is 0 Å². The standard InChI is InChI=1S/C11H10ClN3OS/c1-6-2-3-7(4-9(6)12)15-11(17)8(5-13)10(14)16/h2-4,8H,1H3,(H2,14,16)(H,15,17)/t8-/m1/s1. The summed E-state index contributed by atoms with van der Waals surface area (Å²) in [5.74, 6) is -1.91. The van der Waals surface area contributed by atoms with E-state index in [-0.39, 0.29) is 4.99 Å². The molecule has 0 fully saturated rings. The first-order chi connectivity index (χ1) is 7.95. The number of carbonyl (C=O) groups is 1. The van der Waals surface area contributed by atoms with Crippen molar-refractivity contribution in [3.8, 4) is 6.07 Å². The average molecular weight is 268 g/mol. The molecule has 4 nitrogen and oxygen atoms in total. The molecule has 0 spiro atoms. The molecule has 1 atom stereocenters. The fourth-order valence-corrected chi connectivity index (χ4v) is 1.60. The van der Waals surface area contributed by atoms with E-state index in [1.54, 1.807) is 24.3 Å². The van der Waals surface area contributed by atoms with Crippen LogP contribution in [0, 0.1) is 24.2 Å². The molecule has 0 saturated heterocycles. The minimum absolute atomic E-state index is 0.0694. The van der Waals surface area contributed by atoms with Crippen molar-refractivity contribution in [3.63, 3.8) is 0 Å². The first kappa shape index (κ1) is 13.4. The zero-order chi connectivity index (χ0) is 13.0. The van der Waals surface area contributed by atoms with Gasteiger partial charge in [0.25, 0.3) is 0 Å². The molecule has 1 amide bonds. The van der Waals surface area contributed by atoms with Crippen LogP contribution in [0.2, 0.25) is 5.02 Å². The van der Waals surface area contributed by atoms with Gasteiger partial charge in [-0.2, -0.15) is 5.26 Å². The quantitative estimate of drug-likeness (QED) is 0.821. The second kappa shape index (κ2) is 5.62. The van der Waals surface area contributed by atoms with Crippen LogP contribution < -0.4 is 11.1 Å². The smallest absolute Gasteiger partial charge is 0.241 e. The normalized spacial score (nSPS) is 11.4. The average Bonchev–Trinajstić information content (AvgIpc) is 2.24. The SMILES string of the molecule is Cc1ccc(NC(=S)[C@H](C#N)C(N)=O)cc1Cl. The molecular weight excluding hydrogens is 258 g/mol. The van der Waals surface area contributed by atoms with E-state index in [1.807, 2.05) is 6.92 Å². The molecule has 0 aromatic heterocycles. The largest absolute Gasteiger partial charge is 0.368 e. The number of thiocarbonyl (C=S) groups is 1. The van der Waals surface area contributed by atoms with E-state index in [4.69, 9.17) is 34.8 Å². The van der Waals surface area contributed by atoms with Crippen LogP contribution in [0.15, 0.2) is 18.2 Å². The number of primary amides is 1. The number of amides is 1. The van der Waals surface area contributed by atoms with Crippen molar-refractivity contribution in [2.45, 2.75) is 6.92 Å². The van der Waals surface area contributed by atoms with E-state index in [0.717, 1.165) is 5.56 Å². The summed E-state index contributed by atoms with van der Waals surface area (Å²) in [5.41, 5.74) is 6.58. The fourth-order valence-electron chi connectivity index (χ4n) is 1.14. The van der Waals surface area contributed by atoms with E-state index in [0.29, 0.717) is 10.7 Å². The number of nitrogens with one attached hydrogen (secondary N) is 1. The van der Waals surface area contributed by atoms with Gasteiger partial charge in [0.05, 0.1) is 6.07 Å². The highest BCUT2D eigenvalue weighted by atomic mass is 35.5.